The molecule has 20 heavy (non-hydrogen) atoms. The highest BCUT2D eigenvalue weighted by atomic mass is 32.2. The molecule has 2 aromatic rings. The van der Waals surface area contributed by atoms with Gasteiger partial charge in [-0.15, -0.1) is 11.8 Å². The first-order valence-electron chi connectivity index (χ1n) is 6.02. The van der Waals surface area contributed by atoms with Crippen molar-refractivity contribution >= 4 is 29.0 Å². The Labute approximate surface area is 121 Å². The molecule has 5 nitrogen and oxygen atoms in total. The summed E-state index contributed by atoms with van der Waals surface area (Å²) in [7, 11) is 1.57. The predicted molar refractivity (Wildman–Crippen MR) is 80.9 cm³/mol. The minimum absolute atomic E-state index is 0.0987. The van der Waals surface area contributed by atoms with Crippen LogP contribution in [0.1, 0.15) is 5.76 Å². The van der Waals surface area contributed by atoms with E-state index in [1.54, 1.807) is 31.6 Å². The highest BCUT2D eigenvalue weighted by Gasteiger charge is 2.07. The van der Waals surface area contributed by atoms with Gasteiger partial charge in [0.25, 0.3) is 0 Å². The average Bonchev–Trinajstić information content (AvgIpc) is 2.94. The molecule has 2 rings (SSSR count). The smallest absolute Gasteiger partial charge is 0.234 e. The SMILES string of the molecule is COc1ccc(NC(=O)CSCc2ccco2)c(N)c1. The van der Waals surface area contributed by atoms with Crippen molar-refractivity contribution in [1.82, 2.24) is 0 Å². The van der Waals surface area contributed by atoms with E-state index >= 15 is 0 Å². The molecule has 0 spiro atoms. The number of hydrogen-bond donors (Lipinski definition) is 2. The van der Waals surface area contributed by atoms with E-state index in [1.807, 2.05) is 12.1 Å². The van der Waals surface area contributed by atoms with Crippen molar-refractivity contribution in [2.45, 2.75) is 5.75 Å². The number of carbonyl (C=O) groups is 1. The largest absolute Gasteiger partial charge is 0.497 e. The number of benzene rings is 1. The van der Waals surface area contributed by atoms with Crippen LogP contribution in [0.3, 0.4) is 0 Å². The first-order valence-corrected chi connectivity index (χ1v) is 7.18. The third kappa shape index (κ3) is 3.96. The zero-order chi connectivity index (χ0) is 14.4. The van der Waals surface area contributed by atoms with Crippen LogP contribution in [0.2, 0.25) is 0 Å². The third-order valence-corrected chi connectivity index (χ3v) is 3.55. The van der Waals surface area contributed by atoms with Gasteiger partial charge in [0, 0.05) is 6.07 Å². The maximum atomic E-state index is 11.8. The number of hydrogen-bond acceptors (Lipinski definition) is 5. The Balaban J connectivity index is 1.82. The van der Waals surface area contributed by atoms with Crippen molar-refractivity contribution in [2.75, 3.05) is 23.9 Å². The number of methoxy groups -OCH3 is 1. The molecule has 0 aliphatic heterocycles. The molecule has 6 heteroatoms. The molecular weight excluding hydrogens is 276 g/mol. The van der Waals surface area contributed by atoms with Gasteiger partial charge in [0.1, 0.15) is 11.5 Å². The first kappa shape index (κ1) is 14.3. The number of nitrogens with two attached hydrogens (primary N) is 1. The standard InChI is InChI=1S/C14H16N2O3S/c1-18-10-4-5-13(12(15)7-10)16-14(17)9-20-8-11-3-2-6-19-11/h2-7H,8-9,15H2,1H3,(H,16,17). The first-order chi connectivity index (χ1) is 9.69. The summed E-state index contributed by atoms with van der Waals surface area (Å²) in [6.45, 7) is 0. The highest BCUT2D eigenvalue weighted by molar-refractivity contribution is 7.99. The Kier molecular flexibility index (Phi) is 4.95. The normalized spacial score (nSPS) is 10.2. The molecule has 1 heterocycles. The molecule has 0 fully saturated rings. The van der Waals surface area contributed by atoms with E-state index in [2.05, 4.69) is 5.32 Å². The topological polar surface area (TPSA) is 77.5 Å². The molecule has 0 radical (unpaired) electrons. The molecule has 0 bridgehead atoms. The van der Waals surface area contributed by atoms with Crippen LogP contribution >= 0.6 is 11.8 Å². The summed E-state index contributed by atoms with van der Waals surface area (Å²) in [5.41, 5.74) is 6.91. The molecule has 0 saturated carbocycles. The van der Waals surface area contributed by atoms with Crippen molar-refractivity contribution in [3.63, 3.8) is 0 Å². The van der Waals surface area contributed by atoms with Crippen molar-refractivity contribution < 1.29 is 13.9 Å². The van der Waals surface area contributed by atoms with Crippen LogP contribution < -0.4 is 15.8 Å². The fourth-order valence-electron chi connectivity index (χ4n) is 1.61. The van der Waals surface area contributed by atoms with Crippen LogP contribution in [-0.2, 0) is 10.5 Å². The minimum Gasteiger partial charge on any atom is -0.497 e. The van der Waals surface area contributed by atoms with E-state index in [0.717, 1.165) is 5.76 Å². The lowest BCUT2D eigenvalue weighted by Crippen LogP contribution is -2.15. The number of furan rings is 1. The number of anilines is 2. The van der Waals surface area contributed by atoms with Gasteiger partial charge < -0.3 is 20.2 Å². The lowest BCUT2D eigenvalue weighted by Gasteiger charge is -2.09. The van der Waals surface area contributed by atoms with Gasteiger partial charge >= 0.3 is 0 Å². The van der Waals surface area contributed by atoms with Gasteiger partial charge in [-0.3, -0.25) is 4.79 Å². The Hall–Kier alpha value is -2.08. The summed E-state index contributed by atoms with van der Waals surface area (Å²) in [6.07, 6.45) is 1.62. The zero-order valence-electron chi connectivity index (χ0n) is 11.1. The Bertz CT molecular complexity index is 570. The summed E-state index contributed by atoms with van der Waals surface area (Å²) < 4.78 is 10.2. The Morgan fingerprint density at radius 3 is 2.95 bits per heavy atom. The Morgan fingerprint density at radius 1 is 1.45 bits per heavy atom. The highest BCUT2D eigenvalue weighted by Crippen LogP contribution is 2.24. The molecule has 1 aromatic carbocycles. The molecule has 106 valence electrons. The maximum absolute atomic E-state index is 11.8. The van der Waals surface area contributed by atoms with Crippen LogP contribution in [0.5, 0.6) is 5.75 Å². The number of nitrogens with one attached hydrogen (secondary N) is 1. The molecular formula is C14H16N2O3S. The second kappa shape index (κ2) is 6.91. The quantitative estimate of drug-likeness (QED) is 0.800. The molecule has 0 aliphatic carbocycles. The number of ether oxygens (including phenoxy) is 1. The van der Waals surface area contributed by atoms with Crippen molar-refractivity contribution in [3.05, 3.63) is 42.4 Å². The number of nitrogen functional groups attached to an aromatic ring is 1. The van der Waals surface area contributed by atoms with Gasteiger partial charge in [-0.25, -0.2) is 0 Å². The molecule has 0 atom stereocenters. The van der Waals surface area contributed by atoms with Crippen LogP contribution in [-0.4, -0.2) is 18.8 Å². The predicted octanol–water partition coefficient (Wildman–Crippen LogP) is 2.74. The van der Waals surface area contributed by atoms with Crippen LogP contribution in [0.15, 0.2) is 41.0 Å². The van der Waals surface area contributed by atoms with E-state index in [4.69, 9.17) is 14.9 Å². The number of carbonyl (C=O) groups excluding carboxylic acids is 1. The summed E-state index contributed by atoms with van der Waals surface area (Å²) in [4.78, 5) is 11.8. The van der Waals surface area contributed by atoms with Crippen LogP contribution in [0, 0.1) is 0 Å². The zero-order valence-corrected chi connectivity index (χ0v) is 11.9. The summed E-state index contributed by atoms with van der Waals surface area (Å²) in [5, 5.41) is 2.77. The van der Waals surface area contributed by atoms with E-state index in [0.29, 0.717) is 28.6 Å². The van der Waals surface area contributed by atoms with Gasteiger partial charge in [-0.2, -0.15) is 0 Å². The van der Waals surface area contributed by atoms with Crippen LogP contribution in [0.25, 0.3) is 0 Å². The molecule has 0 unspecified atom stereocenters. The lowest BCUT2D eigenvalue weighted by molar-refractivity contribution is -0.113. The van der Waals surface area contributed by atoms with Crippen molar-refractivity contribution in [3.8, 4) is 5.75 Å². The van der Waals surface area contributed by atoms with Gasteiger partial charge in [-0.1, -0.05) is 0 Å². The van der Waals surface area contributed by atoms with E-state index in [9.17, 15) is 4.79 Å². The van der Waals surface area contributed by atoms with Gasteiger partial charge in [-0.05, 0) is 24.3 Å². The van der Waals surface area contributed by atoms with Crippen LogP contribution in [0.4, 0.5) is 11.4 Å². The molecule has 0 saturated heterocycles. The Morgan fingerprint density at radius 2 is 2.30 bits per heavy atom. The molecule has 1 aromatic heterocycles. The summed E-state index contributed by atoms with van der Waals surface area (Å²) in [5.74, 6) is 2.42. The number of amides is 1. The van der Waals surface area contributed by atoms with E-state index in [-0.39, 0.29) is 5.91 Å². The molecule has 0 aliphatic rings. The second-order valence-corrected chi connectivity index (χ2v) is 5.06. The van der Waals surface area contributed by atoms with Crippen molar-refractivity contribution in [2.24, 2.45) is 0 Å². The maximum Gasteiger partial charge on any atom is 0.234 e. The summed E-state index contributed by atoms with van der Waals surface area (Å²) >= 11 is 1.48. The molecule has 3 N–H and O–H groups in total. The lowest BCUT2D eigenvalue weighted by atomic mass is 10.2. The van der Waals surface area contributed by atoms with E-state index in [1.165, 1.54) is 11.8 Å². The fourth-order valence-corrected chi connectivity index (χ4v) is 2.33. The van der Waals surface area contributed by atoms with Gasteiger partial charge in [0.15, 0.2) is 0 Å². The summed E-state index contributed by atoms with van der Waals surface area (Å²) in [6, 6.07) is 8.86. The number of thioether (sulfide) groups is 1. The fraction of sp³-hybridized carbons (Fsp3) is 0.214. The van der Waals surface area contributed by atoms with Gasteiger partial charge in [0.2, 0.25) is 5.91 Å². The monoisotopic (exact) mass is 292 g/mol. The minimum atomic E-state index is -0.0987. The van der Waals surface area contributed by atoms with E-state index < -0.39 is 0 Å². The third-order valence-electron chi connectivity index (χ3n) is 2.59. The molecule has 1 amide bonds. The van der Waals surface area contributed by atoms with Crippen molar-refractivity contribution in [1.29, 1.82) is 0 Å². The average molecular weight is 292 g/mol. The van der Waals surface area contributed by atoms with Gasteiger partial charge in [0.05, 0.1) is 36.3 Å². The second-order valence-electron chi connectivity index (χ2n) is 4.07. The number of rotatable bonds is 6.